The van der Waals surface area contributed by atoms with Gasteiger partial charge in [0.15, 0.2) is 0 Å². The third-order valence-corrected chi connectivity index (χ3v) is 4.03. The molecule has 101 valence electrons. The van der Waals surface area contributed by atoms with Gasteiger partial charge in [-0.3, -0.25) is 0 Å². The molecule has 0 bridgehead atoms. The smallest absolute Gasteiger partial charge is 0.0273 e. The fraction of sp³-hybridized carbons (Fsp3) is 0.294. The summed E-state index contributed by atoms with van der Waals surface area (Å²) in [5, 5.41) is 6.28. The van der Waals surface area contributed by atoms with E-state index in [-0.39, 0.29) is 38.6 Å². The number of rotatable bonds is 1. The minimum absolute atomic E-state index is 0. The molecule has 0 saturated carbocycles. The van der Waals surface area contributed by atoms with Gasteiger partial charge in [0.25, 0.3) is 0 Å². The second kappa shape index (κ2) is 5.58. The molecule has 0 fully saturated rings. The summed E-state index contributed by atoms with van der Waals surface area (Å²) in [6.45, 7) is 6.21. The molecule has 2 aromatic rings. The standard InChI is InChI=1S/C17H18NO.Y/c1-11-4-5-12-7-14-9-17(2,16(19)18-3)10-15(14)8-13(12)6-11;/h4-8H,2,9-10H2,1,3H3,(H,18,19);/q-1;/p-1. The Labute approximate surface area is 145 Å². The van der Waals surface area contributed by atoms with Crippen molar-refractivity contribution in [3.63, 3.8) is 0 Å². The molecule has 0 saturated heterocycles. The van der Waals surface area contributed by atoms with Gasteiger partial charge in [0.2, 0.25) is 0 Å². The van der Waals surface area contributed by atoms with Crippen molar-refractivity contribution < 1.29 is 37.5 Å². The maximum Gasteiger partial charge on any atom is 0.0273 e. The number of hydrogen-bond donors (Lipinski definition) is 0. The van der Waals surface area contributed by atoms with Gasteiger partial charge in [-0.05, 0) is 41.7 Å². The SMILES string of the molecule is [CH2-]C1(C(=O)[N-]C)Cc2cc3ccc(C)cc3cc2C1.[Y]. The summed E-state index contributed by atoms with van der Waals surface area (Å²) in [6, 6.07) is 10.8. The number of nitrogens with zero attached hydrogens (tertiary/aromatic N) is 1. The van der Waals surface area contributed by atoms with Crippen LogP contribution in [0.15, 0.2) is 30.3 Å². The molecule has 0 spiro atoms. The zero-order valence-corrected chi connectivity index (χ0v) is 14.8. The molecule has 1 radical (unpaired) electrons. The van der Waals surface area contributed by atoms with Crippen LogP contribution in [0.1, 0.15) is 16.7 Å². The van der Waals surface area contributed by atoms with Crippen LogP contribution in [0.3, 0.4) is 0 Å². The maximum absolute atomic E-state index is 11.9. The zero-order chi connectivity index (χ0) is 13.6. The van der Waals surface area contributed by atoms with Gasteiger partial charge in [-0.2, -0.15) is 0 Å². The van der Waals surface area contributed by atoms with Gasteiger partial charge in [0.1, 0.15) is 0 Å². The molecule has 0 heterocycles. The first-order valence-corrected chi connectivity index (χ1v) is 6.54. The summed E-state index contributed by atoms with van der Waals surface area (Å²) in [5.41, 5.74) is 3.14. The molecule has 1 aliphatic carbocycles. The Hall–Kier alpha value is -0.726. The molecule has 20 heavy (non-hydrogen) atoms. The van der Waals surface area contributed by atoms with Crippen molar-refractivity contribution in [1.29, 1.82) is 0 Å². The van der Waals surface area contributed by atoms with Crippen LogP contribution in [-0.2, 0) is 50.3 Å². The Morgan fingerprint density at radius 3 is 2.35 bits per heavy atom. The predicted octanol–water partition coefficient (Wildman–Crippen LogP) is 3.59. The Kier molecular flexibility index (Phi) is 4.36. The van der Waals surface area contributed by atoms with Gasteiger partial charge in [0, 0.05) is 38.6 Å². The summed E-state index contributed by atoms with van der Waals surface area (Å²) in [6.07, 6.45) is 1.39. The molecule has 1 aliphatic rings. The first-order chi connectivity index (χ1) is 9.01. The number of amides is 1. The molecule has 0 N–H and O–H groups in total. The van der Waals surface area contributed by atoms with Crippen molar-refractivity contribution >= 4 is 16.7 Å². The molecule has 1 amide bonds. The Bertz CT molecular complexity index is 680. The molecule has 1 unspecified atom stereocenters. The van der Waals surface area contributed by atoms with E-state index in [4.69, 9.17) is 0 Å². The van der Waals surface area contributed by atoms with E-state index in [1.807, 2.05) is 0 Å². The van der Waals surface area contributed by atoms with E-state index < -0.39 is 5.41 Å². The van der Waals surface area contributed by atoms with Crippen LogP contribution in [0.25, 0.3) is 16.1 Å². The Morgan fingerprint density at radius 1 is 1.15 bits per heavy atom. The van der Waals surface area contributed by atoms with Gasteiger partial charge in [-0.1, -0.05) is 35.9 Å². The second-order valence-electron chi connectivity index (χ2n) is 5.63. The maximum atomic E-state index is 11.9. The molecular formula is C17H17NOY-2. The number of fused-ring (bicyclic) bond motifs is 2. The number of carbonyl (C=O) groups excluding carboxylic acids is 1. The largest absolute Gasteiger partial charge is 0.658 e. The second-order valence-corrected chi connectivity index (χ2v) is 5.63. The Morgan fingerprint density at radius 2 is 1.75 bits per heavy atom. The summed E-state index contributed by atoms with van der Waals surface area (Å²) in [7, 11) is 1.55. The molecule has 2 nitrogen and oxygen atoms in total. The van der Waals surface area contributed by atoms with E-state index in [9.17, 15) is 4.79 Å². The van der Waals surface area contributed by atoms with Crippen LogP contribution >= 0.6 is 0 Å². The van der Waals surface area contributed by atoms with Crippen molar-refractivity contribution in [3.05, 3.63) is 59.3 Å². The molecule has 1 atom stereocenters. The van der Waals surface area contributed by atoms with E-state index in [1.165, 1.54) is 27.5 Å². The molecule has 2 aromatic carbocycles. The van der Waals surface area contributed by atoms with Crippen molar-refractivity contribution in [3.8, 4) is 0 Å². The number of hydrogen-bond acceptors (Lipinski definition) is 1. The van der Waals surface area contributed by atoms with Gasteiger partial charge in [0.05, 0.1) is 0 Å². The normalized spacial score (nSPS) is 20.4. The third kappa shape index (κ3) is 2.56. The van der Waals surface area contributed by atoms with Crippen LogP contribution in [0.4, 0.5) is 0 Å². The number of aryl methyl sites for hydroxylation is 1. The van der Waals surface area contributed by atoms with Gasteiger partial charge >= 0.3 is 0 Å². The van der Waals surface area contributed by atoms with Gasteiger partial charge in [-0.25, -0.2) is 0 Å². The fourth-order valence-electron chi connectivity index (χ4n) is 3.02. The number of benzene rings is 2. The van der Waals surface area contributed by atoms with E-state index in [0.29, 0.717) is 12.8 Å². The topological polar surface area (TPSA) is 31.2 Å². The average Bonchev–Trinajstić information content (AvgIpc) is 2.71. The van der Waals surface area contributed by atoms with Crippen LogP contribution in [0, 0.1) is 19.3 Å². The van der Waals surface area contributed by atoms with Crippen molar-refractivity contribution in [1.82, 2.24) is 0 Å². The minimum Gasteiger partial charge on any atom is -0.658 e. The van der Waals surface area contributed by atoms with Crippen LogP contribution in [0.5, 0.6) is 0 Å². The summed E-state index contributed by atoms with van der Waals surface area (Å²) >= 11 is 0. The van der Waals surface area contributed by atoms with Gasteiger partial charge in [-0.15, -0.1) is 12.5 Å². The van der Waals surface area contributed by atoms with Crippen LogP contribution < -0.4 is 0 Å². The fourth-order valence-corrected chi connectivity index (χ4v) is 3.02. The van der Waals surface area contributed by atoms with E-state index in [1.54, 1.807) is 7.05 Å². The summed E-state index contributed by atoms with van der Waals surface area (Å²) < 4.78 is 0. The Balaban J connectivity index is 0.00000147. The molecule has 3 heteroatoms. The zero-order valence-electron chi connectivity index (χ0n) is 11.9. The summed E-state index contributed by atoms with van der Waals surface area (Å²) in [5.74, 6) is -0.0936. The molecule has 0 aromatic heterocycles. The van der Waals surface area contributed by atoms with Gasteiger partial charge < -0.3 is 17.0 Å². The molecule has 0 aliphatic heterocycles. The molecular weight excluding hydrogens is 323 g/mol. The predicted molar refractivity (Wildman–Crippen MR) is 78.2 cm³/mol. The van der Waals surface area contributed by atoms with E-state index in [2.05, 4.69) is 49.5 Å². The molecule has 3 rings (SSSR count). The average molecular weight is 340 g/mol. The third-order valence-electron chi connectivity index (χ3n) is 4.03. The van der Waals surface area contributed by atoms with Crippen molar-refractivity contribution in [2.45, 2.75) is 19.8 Å². The minimum atomic E-state index is -0.594. The number of carbonyl (C=O) groups is 1. The first kappa shape index (κ1) is 15.7. The van der Waals surface area contributed by atoms with E-state index in [0.717, 1.165) is 0 Å². The van der Waals surface area contributed by atoms with Crippen molar-refractivity contribution in [2.24, 2.45) is 5.41 Å². The first-order valence-electron chi connectivity index (χ1n) is 6.54. The summed E-state index contributed by atoms with van der Waals surface area (Å²) in [4.78, 5) is 11.9. The van der Waals surface area contributed by atoms with Crippen LogP contribution in [-0.4, -0.2) is 13.0 Å². The van der Waals surface area contributed by atoms with Crippen molar-refractivity contribution in [2.75, 3.05) is 7.05 Å². The monoisotopic (exact) mass is 340 g/mol. The van der Waals surface area contributed by atoms with E-state index >= 15 is 0 Å². The quantitative estimate of drug-likeness (QED) is 0.730. The van der Waals surface area contributed by atoms with Crippen LogP contribution in [0.2, 0.25) is 0 Å².